The Balaban J connectivity index is 1.32. The molecule has 2 heterocycles. The molecule has 2 aromatic carbocycles. The highest BCUT2D eigenvalue weighted by Crippen LogP contribution is 2.38. The van der Waals surface area contributed by atoms with Crippen LogP contribution in [0.3, 0.4) is 0 Å². The molecule has 4 rings (SSSR count). The number of hydrogen-bond donors (Lipinski definition) is 1. The molecule has 6 nitrogen and oxygen atoms in total. The number of hydroxylamine groups is 2. The second-order valence-corrected chi connectivity index (χ2v) is 7.91. The van der Waals surface area contributed by atoms with E-state index in [1.807, 2.05) is 30.3 Å². The zero-order valence-corrected chi connectivity index (χ0v) is 17.0. The van der Waals surface area contributed by atoms with Gasteiger partial charge in [-0.3, -0.25) is 5.32 Å². The Hall–Kier alpha value is -2.78. The number of benzene rings is 2. The standard InChI is InChI=1S/C21H19ClF3N3O3/c22-15-6-7-17(16(12-15)21(23,24)25)26-19(29)30-28-10-8-20(9-11-28)13-18(27-31-20)14-4-2-1-3-5-14/h1-7,12H,8-11,13H2,(H,26,29). The monoisotopic (exact) mass is 453 g/mol. The third-order valence-corrected chi connectivity index (χ3v) is 5.55. The number of carbonyl (C=O) groups excluding carboxylic acids is 1. The van der Waals surface area contributed by atoms with Crippen LogP contribution >= 0.6 is 11.6 Å². The zero-order valence-electron chi connectivity index (χ0n) is 16.3. The minimum absolute atomic E-state index is 0.0822. The van der Waals surface area contributed by atoms with Crippen molar-refractivity contribution in [1.82, 2.24) is 5.06 Å². The number of oxime groups is 1. The van der Waals surface area contributed by atoms with Crippen molar-refractivity contribution in [2.45, 2.75) is 31.0 Å². The van der Waals surface area contributed by atoms with Gasteiger partial charge in [-0.25, -0.2) is 4.79 Å². The summed E-state index contributed by atoms with van der Waals surface area (Å²) >= 11 is 5.65. The van der Waals surface area contributed by atoms with E-state index in [-0.39, 0.29) is 5.02 Å². The van der Waals surface area contributed by atoms with Crippen LogP contribution in [0.25, 0.3) is 0 Å². The molecule has 0 saturated carbocycles. The highest BCUT2D eigenvalue weighted by molar-refractivity contribution is 6.30. The maximum Gasteiger partial charge on any atom is 0.430 e. The van der Waals surface area contributed by atoms with Gasteiger partial charge in [-0.05, 0) is 23.8 Å². The number of alkyl halides is 3. The summed E-state index contributed by atoms with van der Waals surface area (Å²) in [6.07, 6.45) is -3.89. The van der Waals surface area contributed by atoms with E-state index < -0.39 is 29.1 Å². The summed E-state index contributed by atoms with van der Waals surface area (Å²) in [5, 5.41) is 7.70. The van der Waals surface area contributed by atoms with Crippen LogP contribution in [0.2, 0.25) is 5.02 Å². The molecule has 2 aliphatic rings. The average molecular weight is 454 g/mol. The molecule has 1 fully saturated rings. The maximum absolute atomic E-state index is 13.2. The largest absolute Gasteiger partial charge is 0.430 e. The van der Waals surface area contributed by atoms with Crippen molar-refractivity contribution in [1.29, 1.82) is 0 Å². The lowest BCUT2D eigenvalue weighted by molar-refractivity contribution is -0.154. The van der Waals surface area contributed by atoms with Crippen molar-refractivity contribution < 1.29 is 27.6 Å². The van der Waals surface area contributed by atoms with Gasteiger partial charge in [0.05, 0.1) is 17.0 Å². The van der Waals surface area contributed by atoms with Gasteiger partial charge in [-0.1, -0.05) is 47.1 Å². The first kappa shape index (κ1) is 21.5. The van der Waals surface area contributed by atoms with Crippen LogP contribution in [-0.2, 0) is 15.9 Å². The van der Waals surface area contributed by atoms with Crippen LogP contribution in [0.15, 0.2) is 53.7 Å². The lowest BCUT2D eigenvalue weighted by Gasteiger charge is -2.35. The number of amides is 1. The van der Waals surface area contributed by atoms with Crippen LogP contribution < -0.4 is 5.32 Å². The first-order valence-electron chi connectivity index (χ1n) is 9.65. The van der Waals surface area contributed by atoms with Gasteiger partial charge in [0.2, 0.25) is 0 Å². The number of halogens is 4. The van der Waals surface area contributed by atoms with E-state index in [1.54, 1.807) is 0 Å². The second kappa shape index (κ2) is 8.39. The molecule has 2 aromatic rings. The molecule has 10 heteroatoms. The van der Waals surface area contributed by atoms with E-state index in [2.05, 4.69) is 10.5 Å². The fraction of sp³-hybridized carbons (Fsp3) is 0.333. The summed E-state index contributed by atoms with van der Waals surface area (Å²) in [6, 6.07) is 12.8. The number of anilines is 1. The van der Waals surface area contributed by atoms with E-state index in [4.69, 9.17) is 21.3 Å². The molecule has 1 saturated heterocycles. The number of nitrogens with zero attached hydrogens (tertiary/aromatic N) is 2. The molecule has 0 radical (unpaired) electrons. The van der Waals surface area contributed by atoms with E-state index in [0.29, 0.717) is 32.4 Å². The Labute approximate surface area is 181 Å². The van der Waals surface area contributed by atoms with Crippen molar-refractivity contribution in [2.24, 2.45) is 5.16 Å². The summed E-state index contributed by atoms with van der Waals surface area (Å²) in [6.45, 7) is 0.746. The Morgan fingerprint density at radius 2 is 1.87 bits per heavy atom. The Kier molecular flexibility index (Phi) is 5.81. The van der Waals surface area contributed by atoms with Gasteiger partial charge in [0, 0.05) is 37.4 Å². The first-order valence-corrected chi connectivity index (χ1v) is 10.0. The smallest absolute Gasteiger partial charge is 0.388 e. The van der Waals surface area contributed by atoms with Gasteiger partial charge in [0.1, 0.15) is 5.60 Å². The molecule has 0 aromatic heterocycles. The molecular formula is C21H19ClF3N3O3. The quantitative estimate of drug-likeness (QED) is 0.668. The van der Waals surface area contributed by atoms with Crippen molar-refractivity contribution in [2.75, 3.05) is 18.4 Å². The van der Waals surface area contributed by atoms with Crippen LogP contribution in [0.5, 0.6) is 0 Å². The first-order chi connectivity index (χ1) is 14.7. The Bertz CT molecular complexity index is 990. The molecule has 0 aliphatic carbocycles. The molecule has 2 aliphatic heterocycles. The Morgan fingerprint density at radius 1 is 1.16 bits per heavy atom. The molecule has 0 unspecified atom stereocenters. The number of rotatable bonds is 3. The van der Waals surface area contributed by atoms with Crippen LogP contribution in [0.4, 0.5) is 23.7 Å². The number of piperidine rings is 1. The van der Waals surface area contributed by atoms with Gasteiger partial charge >= 0.3 is 12.3 Å². The number of hydrogen-bond acceptors (Lipinski definition) is 5. The molecular weight excluding hydrogens is 435 g/mol. The fourth-order valence-electron chi connectivity index (χ4n) is 3.67. The highest BCUT2D eigenvalue weighted by Gasteiger charge is 2.43. The zero-order chi connectivity index (χ0) is 22.1. The Morgan fingerprint density at radius 3 is 2.55 bits per heavy atom. The SMILES string of the molecule is O=C(Nc1ccc(Cl)cc1C(F)(F)F)ON1CCC2(CC1)CC(c1ccccc1)=NO2. The molecule has 1 amide bonds. The molecule has 0 bridgehead atoms. The minimum atomic E-state index is -4.67. The lowest BCUT2D eigenvalue weighted by atomic mass is 9.86. The van der Waals surface area contributed by atoms with E-state index in [0.717, 1.165) is 23.4 Å². The second-order valence-electron chi connectivity index (χ2n) is 7.48. The third-order valence-electron chi connectivity index (χ3n) is 5.32. The predicted molar refractivity (Wildman–Crippen MR) is 109 cm³/mol. The van der Waals surface area contributed by atoms with Gasteiger partial charge < -0.3 is 9.68 Å². The molecule has 164 valence electrons. The third kappa shape index (κ3) is 4.94. The van der Waals surface area contributed by atoms with Crippen LogP contribution in [0, 0.1) is 0 Å². The predicted octanol–water partition coefficient (Wildman–Crippen LogP) is 5.48. The topological polar surface area (TPSA) is 63.2 Å². The maximum atomic E-state index is 13.2. The fourth-order valence-corrected chi connectivity index (χ4v) is 3.84. The van der Waals surface area contributed by atoms with Gasteiger partial charge in [0.25, 0.3) is 0 Å². The summed E-state index contributed by atoms with van der Waals surface area (Å²) in [4.78, 5) is 23.1. The summed E-state index contributed by atoms with van der Waals surface area (Å²) in [5.74, 6) is 0. The van der Waals surface area contributed by atoms with E-state index in [1.165, 1.54) is 11.1 Å². The summed E-state index contributed by atoms with van der Waals surface area (Å²) in [5.41, 5.74) is -0.0490. The van der Waals surface area contributed by atoms with Crippen LogP contribution in [0.1, 0.15) is 30.4 Å². The molecule has 31 heavy (non-hydrogen) atoms. The molecule has 1 N–H and O–H groups in total. The average Bonchev–Trinajstić information content (AvgIpc) is 3.15. The summed E-state index contributed by atoms with van der Waals surface area (Å²) in [7, 11) is 0. The van der Waals surface area contributed by atoms with Gasteiger partial charge in [-0.15, -0.1) is 5.06 Å². The minimum Gasteiger partial charge on any atom is -0.388 e. The van der Waals surface area contributed by atoms with Crippen molar-refractivity contribution in [3.63, 3.8) is 0 Å². The number of carbonyl (C=O) groups is 1. The lowest BCUT2D eigenvalue weighted by Crippen LogP contribution is -2.45. The van der Waals surface area contributed by atoms with Gasteiger partial charge in [-0.2, -0.15) is 13.2 Å². The molecule has 0 atom stereocenters. The van der Waals surface area contributed by atoms with Crippen molar-refractivity contribution >= 4 is 29.1 Å². The molecule has 1 spiro atoms. The number of nitrogens with one attached hydrogen (secondary N) is 1. The van der Waals surface area contributed by atoms with E-state index >= 15 is 0 Å². The van der Waals surface area contributed by atoms with Crippen LogP contribution in [-0.4, -0.2) is 35.6 Å². The normalized spacial score (nSPS) is 18.4. The van der Waals surface area contributed by atoms with E-state index in [9.17, 15) is 18.0 Å². The summed E-state index contributed by atoms with van der Waals surface area (Å²) < 4.78 is 39.5. The van der Waals surface area contributed by atoms with Crippen molar-refractivity contribution in [3.05, 3.63) is 64.7 Å². The van der Waals surface area contributed by atoms with Gasteiger partial charge in [0.15, 0.2) is 0 Å². The van der Waals surface area contributed by atoms with Crippen molar-refractivity contribution in [3.8, 4) is 0 Å². The highest BCUT2D eigenvalue weighted by atomic mass is 35.5.